The van der Waals surface area contributed by atoms with Crippen molar-refractivity contribution >= 4 is 23.2 Å². The number of nitrogens with two attached hydrogens (primary N) is 1. The zero-order chi connectivity index (χ0) is 12.8. The predicted molar refractivity (Wildman–Crippen MR) is 62.5 cm³/mol. The highest BCUT2D eigenvalue weighted by molar-refractivity contribution is 5.72. The average molecular weight is 239 g/mol. The highest BCUT2D eigenvalue weighted by atomic mass is 16.6. The smallest absolute Gasteiger partial charge is 0.276 e. The number of hydrogen-bond acceptors (Lipinski definition) is 6. The summed E-state index contributed by atoms with van der Waals surface area (Å²) in [5.74, 6) is 0.238. The van der Waals surface area contributed by atoms with Crippen molar-refractivity contribution in [3.8, 4) is 0 Å². The molecule has 0 aliphatic rings. The lowest BCUT2D eigenvalue weighted by Gasteiger charge is -2.06. The number of nitrogen functional groups attached to an aromatic ring is 1. The standard InChI is InChI=1S/C9H13N5O3/c1-6(15)11-2-3-12-9-5-7(14(16)17)4-8(10)13-9/h4-5H,2-3H2,1H3,(H,11,15)(H3,10,12,13). The molecular weight excluding hydrogens is 226 g/mol. The molecule has 0 spiro atoms. The van der Waals surface area contributed by atoms with Crippen LogP contribution in [-0.2, 0) is 4.79 Å². The molecule has 0 saturated carbocycles. The minimum absolute atomic E-state index is 0.0706. The van der Waals surface area contributed by atoms with Gasteiger partial charge in [0.15, 0.2) is 0 Å². The molecule has 4 N–H and O–H groups in total. The van der Waals surface area contributed by atoms with Crippen molar-refractivity contribution in [2.24, 2.45) is 0 Å². The van der Waals surface area contributed by atoms with E-state index in [4.69, 9.17) is 5.73 Å². The quantitative estimate of drug-likeness (QED) is 0.381. The van der Waals surface area contributed by atoms with Crippen molar-refractivity contribution in [2.45, 2.75) is 6.92 Å². The van der Waals surface area contributed by atoms with Gasteiger partial charge in [-0.25, -0.2) is 4.98 Å². The van der Waals surface area contributed by atoms with Crippen molar-refractivity contribution in [1.29, 1.82) is 0 Å². The Hall–Kier alpha value is -2.38. The monoisotopic (exact) mass is 239 g/mol. The van der Waals surface area contributed by atoms with E-state index in [2.05, 4.69) is 15.6 Å². The second-order valence-electron chi connectivity index (χ2n) is 3.30. The van der Waals surface area contributed by atoms with Gasteiger partial charge in [0.05, 0.1) is 17.1 Å². The summed E-state index contributed by atoms with van der Waals surface area (Å²) in [4.78, 5) is 24.5. The van der Waals surface area contributed by atoms with E-state index in [0.717, 1.165) is 0 Å². The van der Waals surface area contributed by atoms with Crippen LogP contribution >= 0.6 is 0 Å². The third kappa shape index (κ3) is 4.33. The molecule has 0 bridgehead atoms. The largest absolute Gasteiger partial charge is 0.383 e. The Morgan fingerprint density at radius 1 is 1.53 bits per heavy atom. The summed E-state index contributed by atoms with van der Waals surface area (Å²) in [6, 6.07) is 2.46. The molecule has 0 radical (unpaired) electrons. The first-order chi connectivity index (χ1) is 7.99. The highest BCUT2D eigenvalue weighted by Gasteiger charge is 2.09. The van der Waals surface area contributed by atoms with Crippen LogP contribution < -0.4 is 16.4 Å². The van der Waals surface area contributed by atoms with Gasteiger partial charge in [-0.05, 0) is 0 Å². The molecule has 0 aliphatic carbocycles. The molecule has 1 heterocycles. The number of carbonyl (C=O) groups excluding carboxylic acids is 1. The van der Waals surface area contributed by atoms with Crippen LogP contribution in [-0.4, -0.2) is 28.9 Å². The van der Waals surface area contributed by atoms with E-state index >= 15 is 0 Å². The molecule has 8 heteroatoms. The highest BCUT2D eigenvalue weighted by Crippen LogP contribution is 2.18. The second-order valence-corrected chi connectivity index (χ2v) is 3.30. The van der Waals surface area contributed by atoms with E-state index in [1.807, 2.05) is 0 Å². The van der Waals surface area contributed by atoms with Crippen LogP contribution in [0.3, 0.4) is 0 Å². The molecule has 0 aromatic carbocycles. The topological polar surface area (TPSA) is 123 Å². The number of nitro groups is 1. The summed E-state index contributed by atoms with van der Waals surface area (Å²) in [6.45, 7) is 2.22. The van der Waals surface area contributed by atoms with Gasteiger partial charge in [-0.15, -0.1) is 0 Å². The van der Waals surface area contributed by atoms with Gasteiger partial charge >= 0.3 is 0 Å². The number of pyridine rings is 1. The molecule has 0 unspecified atom stereocenters. The van der Waals surface area contributed by atoms with Gasteiger partial charge in [0, 0.05) is 20.0 Å². The molecule has 1 aromatic rings. The zero-order valence-electron chi connectivity index (χ0n) is 9.27. The van der Waals surface area contributed by atoms with Gasteiger partial charge in [0.2, 0.25) is 5.91 Å². The van der Waals surface area contributed by atoms with Crippen LogP contribution in [0, 0.1) is 10.1 Å². The third-order valence-corrected chi connectivity index (χ3v) is 1.85. The first-order valence-corrected chi connectivity index (χ1v) is 4.89. The van der Waals surface area contributed by atoms with Crippen LogP contribution in [0.25, 0.3) is 0 Å². The van der Waals surface area contributed by atoms with Crippen molar-refractivity contribution < 1.29 is 9.72 Å². The molecular formula is C9H13N5O3. The van der Waals surface area contributed by atoms with Crippen molar-refractivity contribution in [3.05, 3.63) is 22.2 Å². The van der Waals surface area contributed by atoms with Crippen molar-refractivity contribution in [3.63, 3.8) is 0 Å². The van der Waals surface area contributed by atoms with Gasteiger partial charge in [-0.2, -0.15) is 0 Å². The lowest BCUT2D eigenvalue weighted by Crippen LogP contribution is -2.26. The fourth-order valence-corrected chi connectivity index (χ4v) is 1.16. The first kappa shape index (κ1) is 12.7. The molecule has 0 aliphatic heterocycles. The summed E-state index contributed by atoms with van der Waals surface area (Å²) >= 11 is 0. The van der Waals surface area contributed by atoms with Crippen molar-refractivity contribution in [2.75, 3.05) is 24.1 Å². The first-order valence-electron chi connectivity index (χ1n) is 4.89. The van der Waals surface area contributed by atoms with E-state index < -0.39 is 4.92 Å². The predicted octanol–water partition coefficient (Wildman–Crippen LogP) is 0.120. The Bertz CT molecular complexity index is 435. The van der Waals surface area contributed by atoms with Crippen LogP contribution in [0.5, 0.6) is 0 Å². The number of nitrogens with zero attached hydrogens (tertiary/aromatic N) is 2. The maximum absolute atomic E-state index is 10.6. The maximum atomic E-state index is 10.6. The number of carbonyl (C=O) groups is 1. The van der Waals surface area contributed by atoms with E-state index in [9.17, 15) is 14.9 Å². The Balaban J connectivity index is 2.59. The molecule has 0 fully saturated rings. The Labute approximate surface area is 97.4 Å². The number of rotatable bonds is 5. The SMILES string of the molecule is CC(=O)NCCNc1cc([N+](=O)[O-])cc(N)n1. The number of amides is 1. The Kier molecular flexibility index (Phi) is 4.21. The molecule has 1 amide bonds. The summed E-state index contributed by atoms with van der Waals surface area (Å²) in [6.07, 6.45) is 0. The van der Waals surface area contributed by atoms with Crippen LogP contribution in [0.4, 0.5) is 17.3 Å². The number of nitrogens with one attached hydrogen (secondary N) is 2. The second kappa shape index (κ2) is 5.64. The third-order valence-electron chi connectivity index (χ3n) is 1.85. The summed E-state index contributed by atoms with van der Waals surface area (Å²) in [5, 5.41) is 16.0. The van der Waals surface area contributed by atoms with Gasteiger partial charge in [-0.1, -0.05) is 0 Å². The molecule has 8 nitrogen and oxygen atoms in total. The Morgan fingerprint density at radius 3 is 2.82 bits per heavy atom. The van der Waals surface area contributed by atoms with Crippen LogP contribution in [0.1, 0.15) is 6.92 Å². The molecule has 0 saturated heterocycles. The van der Waals surface area contributed by atoms with E-state index in [1.165, 1.54) is 19.1 Å². The normalized spacial score (nSPS) is 9.71. The van der Waals surface area contributed by atoms with E-state index in [1.54, 1.807) is 0 Å². The average Bonchev–Trinajstić information content (AvgIpc) is 2.23. The summed E-state index contributed by atoms with van der Waals surface area (Å²) < 4.78 is 0. The van der Waals surface area contributed by atoms with Gasteiger partial charge in [0.1, 0.15) is 11.6 Å². The van der Waals surface area contributed by atoms with Crippen LogP contribution in [0.15, 0.2) is 12.1 Å². The fraction of sp³-hybridized carbons (Fsp3) is 0.333. The van der Waals surface area contributed by atoms with Gasteiger partial charge < -0.3 is 16.4 Å². The Morgan fingerprint density at radius 2 is 2.24 bits per heavy atom. The molecule has 1 aromatic heterocycles. The van der Waals surface area contributed by atoms with E-state index in [0.29, 0.717) is 18.9 Å². The van der Waals surface area contributed by atoms with Crippen LogP contribution in [0.2, 0.25) is 0 Å². The van der Waals surface area contributed by atoms with E-state index in [-0.39, 0.29) is 17.4 Å². The van der Waals surface area contributed by atoms with Crippen molar-refractivity contribution in [1.82, 2.24) is 10.3 Å². The lowest BCUT2D eigenvalue weighted by molar-refractivity contribution is -0.384. The number of anilines is 2. The van der Waals surface area contributed by atoms with Gasteiger partial charge in [-0.3, -0.25) is 14.9 Å². The zero-order valence-corrected chi connectivity index (χ0v) is 9.27. The van der Waals surface area contributed by atoms with Gasteiger partial charge in [0.25, 0.3) is 5.69 Å². The minimum Gasteiger partial charge on any atom is -0.383 e. The number of aromatic nitrogens is 1. The maximum Gasteiger partial charge on any atom is 0.276 e. The lowest BCUT2D eigenvalue weighted by atomic mass is 10.3. The summed E-state index contributed by atoms with van der Waals surface area (Å²) in [5.41, 5.74) is 5.30. The number of hydrogen-bond donors (Lipinski definition) is 3. The molecule has 0 atom stereocenters. The fourth-order valence-electron chi connectivity index (χ4n) is 1.16. The summed E-state index contributed by atoms with van der Waals surface area (Å²) in [7, 11) is 0. The minimum atomic E-state index is -0.545. The molecule has 17 heavy (non-hydrogen) atoms. The molecule has 92 valence electrons. The molecule has 1 rings (SSSR count).